The average Bonchev–Trinajstić information content (AvgIpc) is 2.43. The first-order valence-electron chi connectivity index (χ1n) is 7.45. The fourth-order valence-electron chi connectivity index (χ4n) is 1.33. The number of methoxy groups -OCH3 is 1. The normalized spacial score (nSPS) is 13.9. The van der Waals surface area contributed by atoms with E-state index in [0.717, 1.165) is 0 Å². The Morgan fingerprint density at radius 1 is 0.769 bits per heavy atom. The van der Waals surface area contributed by atoms with Crippen molar-refractivity contribution in [3.05, 3.63) is 0 Å². The Morgan fingerprint density at radius 2 is 1.23 bits per heavy atom. The zero-order valence-electron chi connectivity index (χ0n) is 14.9. The van der Waals surface area contributed by atoms with Crippen LogP contribution in [0.25, 0.3) is 0 Å². The molecule has 158 valence electrons. The van der Waals surface area contributed by atoms with E-state index in [1.165, 1.54) is 7.11 Å². The molecule has 6 nitrogen and oxygen atoms in total. The summed E-state index contributed by atoms with van der Waals surface area (Å²) in [7, 11) is -5.35. The Balaban J connectivity index is 5.27. The van der Waals surface area contributed by atoms with Crippen LogP contribution < -0.4 is 0 Å². The second kappa shape index (κ2) is 11.0. The van der Waals surface area contributed by atoms with Crippen LogP contribution in [0.1, 0.15) is 0 Å². The fourth-order valence-corrected chi connectivity index (χ4v) is 6.11. The molecule has 0 aromatic carbocycles. The van der Waals surface area contributed by atoms with E-state index in [-0.39, 0.29) is 26.4 Å². The van der Waals surface area contributed by atoms with Crippen molar-refractivity contribution in [2.45, 2.75) is 32.0 Å². The summed E-state index contributed by atoms with van der Waals surface area (Å²) in [5, 5.41) is 0. The van der Waals surface area contributed by atoms with Gasteiger partial charge in [-0.1, -0.05) is 0 Å². The Kier molecular flexibility index (Phi) is 10.9. The van der Waals surface area contributed by atoms with E-state index < -0.39 is 41.5 Å². The van der Waals surface area contributed by atoms with Gasteiger partial charge in [-0.3, -0.25) is 13.5 Å². The average molecular weight is 435 g/mol. The third kappa shape index (κ3) is 14.9. The van der Waals surface area contributed by atoms with Crippen molar-refractivity contribution in [3.8, 4) is 0 Å². The Hall–Kier alpha value is -0.173. The summed E-state index contributed by atoms with van der Waals surface area (Å²) in [5.41, 5.74) is 0. The zero-order chi connectivity index (χ0) is 20.5. The van der Waals surface area contributed by atoms with Crippen LogP contribution in [0.5, 0.6) is 0 Å². The molecule has 0 N–H and O–H groups in total. The minimum absolute atomic E-state index is 0.100. The van der Waals surface area contributed by atoms with Crippen LogP contribution in [-0.2, 0) is 23.0 Å². The molecule has 0 rings (SSSR count). The van der Waals surface area contributed by atoms with Crippen LogP contribution >= 0.6 is 7.74 Å². The van der Waals surface area contributed by atoms with Gasteiger partial charge in [-0.2, -0.15) is 26.3 Å². The fraction of sp³-hybridized carbons (Fsp3) is 1.00. The molecule has 0 amide bonds. The molecular formula is C12H24F6NO5PSi. The lowest BCUT2D eigenvalue weighted by molar-refractivity contribution is -0.167. The van der Waals surface area contributed by atoms with Gasteiger partial charge in [-0.15, -0.1) is 0 Å². The number of halogens is 6. The van der Waals surface area contributed by atoms with Gasteiger partial charge in [0.05, 0.1) is 26.4 Å². The molecule has 0 atom stereocenters. The van der Waals surface area contributed by atoms with Gasteiger partial charge in [-0.05, 0) is 19.6 Å². The van der Waals surface area contributed by atoms with Gasteiger partial charge in [0.1, 0.15) is 0 Å². The summed E-state index contributed by atoms with van der Waals surface area (Å²) in [5.74, 6) is 0. The van der Waals surface area contributed by atoms with E-state index in [1.807, 2.05) is 0 Å². The summed E-state index contributed by atoms with van der Waals surface area (Å²) in [6.07, 6.45) is -9.56. The van der Waals surface area contributed by atoms with E-state index >= 15 is 0 Å². The van der Waals surface area contributed by atoms with Crippen molar-refractivity contribution in [1.82, 2.24) is 0 Å². The molecule has 26 heavy (non-hydrogen) atoms. The standard InChI is InChI=1S/C12H24F6NO5PSi/c1-20-5-6-21-7-8-22-25(19-26(2,3)4,23-9-11(13,14)15)24-10-12(16,17)18/h5-10H2,1-4H3. The highest BCUT2D eigenvalue weighted by atomic mass is 31.2. The first kappa shape index (κ1) is 25.8. The molecule has 0 saturated carbocycles. The lowest BCUT2D eigenvalue weighted by atomic mass is 10.7. The predicted octanol–water partition coefficient (Wildman–Crippen LogP) is 4.60. The van der Waals surface area contributed by atoms with Crippen molar-refractivity contribution in [2.75, 3.05) is 46.8 Å². The van der Waals surface area contributed by atoms with Gasteiger partial charge in [0.15, 0.2) is 21.4 Å². The summed E-state index contributed by atoms with van der Waals surface area (Å²) in [4.78, 5) is 0. The smallest absolute Gasteiger partial charge is 0.382 e. The molecule has 0 radical (unpaired) electrons. The molecule has 0 fully saturated rings. The molecule has 0 spiro atoms. The minimum Gasteiger partial charge on any atom is -0.382 e. The number of hydrogen-bond acceptors (Lipinski definition) is 6. The summed E-state index contributed by atoms with van der Waals surface area (Å²) in [6.45, 7) is 1.15. The van der Waals surface area contributed by atoms with E-state index in [9.17, 15) is 26.3 Å². The molecule has 0 aliphatic rings. The highest BCUT2D eigenvalue weighted by Crippen LogP contribution is 2.56. The van der Waals surface area contributed by atoms with Gasteiger partial charge in [0.25, 0.3) is 0 Å². The van der Waals surface area contributed by atoms with Gasteiger partial charge < -0.3 is 14.0 Å². The van der Waals surface area contributed by atoms with E-state index in [4.69, 9.17) is 14.0 Å². The molecule has 0 saturated heterocycles. The Morgan fingerprint density at radius 3 is 1.62 bits per heavy atom. The summed E-state index contributed by atoms with van der Waals surface area (Å²) < 4.78 is 103. The molecule has 0 aliphatic heterocycles. The van der Waals surface area contributed by atoms with E-state index in [1.54, 1.807) is 19.6 Å². The lowest BCUT2D eigenvalue weighted by Gasteiger charge is -2.28. The van der Waals surface area contributed by atoms with Crippen molar-refractivity contribution in [3.63, 3.8) is 0 Å². The van der Waals surface area contributed by atoms with Crippen LogP contribution in [0, 0.1) is 0 Å². The van der Waals surface area contributed by atoms with Gasteiger partial charge in [0, 0.05) is 7.11 Å². The summed E-state index contributed by atoms with van der Waals surface area (Å²) in [6, 6.07) is 0. The van der Waals surface area contributed by atoms with E-state index in [2.05, 4.69) is 13.5 Å². The quantitative estimate of drug-likeness (QED) is 0.194. The molecule has 0 heterocycles. The minimum atomic E-state index is -4.78. The molecular weight excluding hydrogens is 411 g/mol. The molecule has 0 aliphatic carbocycles. The van der Waals surface area contributed by atoms with Crippen LogP contribution in [0.3, 0.4) is 0 Å². The molecule has 0 bridgehead atoms. The molecule has 0 aromatic rings. The third-order valence-electron chi connectivity index (χ3n) is 2.12. The first-order chi connectivity index (χ1) is 11.7. The Bertz CT molecular complexity index is 433. The number of rotatable bonds is 12. The second-order valence-corrected chi connectivity index (χ2v) is 12.8. The SMILES string of the molecule is COCCOCCOP(=N[Si](C)(C)C)(OCC(F)(F)F)OCC(F)(F)F. The van der Waals surface area contributed by atoms with E-state index in [0.29, 0.717) is 0 Å². The molecule has 14 heteroatoms. The molecule has 0 aromatic heterocycles. The third-order valence-corrected chi connectivity index (χ3v) is 6.92. The number of alkyl halides is 6. The second-order valence-electron chi connectivity index (χ2n) is 5.96. The van der Waals surface area contributed by atoms with Gasteiger partial charge in [0.2, 0.25) is 0 Å². The maximum absolute atomic E-state index is 12.5. The topological polar surface area (TPSA) is 58.5 Å². The van der Waals surface area contributed by atoms with Crippen LogP contribution in [0.15, 0.2) is 4.41 Å². The van der Waals surface area contributed by atoms with Crippen molar-refractivity contribution < 1.29 is 49.4 Å². The largest absolute Gasteiger partial charge is 0.412 e. The zero-order valence-corrected chi connectivity index (χ0v) is 16.8. The van der Waals surface area contributed by atoms with Gasteiger partial charge in [-0.25, -0.2) is 0 Å². The van der Waals surface area contributed by atoms with Crippen molar-refractivity contribution in [1.29, 1.82) is 0 Å². The van der Waals surface area contributed by atoms with Crippen molar-refractivity contribution >= 4 is 16.0 Å². The first-order valence-corrected chi connectivity index (χ1v) is 12.4. The maximum atomic E-state index is 12.5. The monoisotopic (exact) mass is 435 g/mol. The number of hydrogen-bond donors (Lipinski definition) is 0. The summed E-state index contributed by atoms with van der Waals surface area (Å²) >= 11 is 0. The Labute approximate surface area is 149 Å². The number of nitrogens with zero attached hydrogens (tertiary/aromatic N) is 1. The van der Waals surface area contributed by atoms with Crippen molar-refractivity contribution in [2.24, 2.45) is 4.41 Å². The highest BCUT2D eigenvalue weighted by Gasteiger charge is 2.39. The lowest BCUT2D eigenvalue weighted by Crippen LogP contribution is -2.24. The number of ether oxygens (including phenoxy) is 2. The van der Waals surface area contributed by atoms with Crippen LogP contribution in [0.2, 0.25) is 19.6 Å². The molecule has 0 unspecified atom stereocenters. The van der Waals surface area contributed by atoms with Crippen LogP contribution in [0.4, 0.5) is 26.3 Å². The van der Waals surface area contributed by atoms with Gasteiger partial charge >= 0.3 is 20.1 Å². The van der Waals surface area contributed by atoms with Crippen LogP contribution in [-0.4, -0.2) is 67.3 Å². The highest BCUT2D eigenvalue weighted by molar-refractivity contribution is 7.52. The predicted molar refractivity (Wildman–Crippen MR) is 85.4 cm³/mol. The maximum Gasteiger partial charge on any atom is 0.412 e.